The normalized spacial score (nSPS) is 12.0. The van der Waals surface area contributed by atoms with E-state index in [0.29, 0.717) is 27.0 Å². The van der Waals surface area contributed by atoms with Crippen molar-refractivity contribution in [3.8, 4) is 16.8 Å². The summed E-state index contributed by atoms with van der Waals surface area (Å²) < 4.78 is 42.6. The molecule has 0 fully saturated rings. The highest BCUT2D eigenvalue weighted by atomic mass is 35.5. The number of aryl methyl sites for hydroxylation is 1. The second-order valence-corrected chi connectivity index (χ2v) is 7.89. The minimum absolute atomic E-state index is 0.139. The first-order chi connectivity index (χ1) is 15.2. The number of hydrogen-bond acceptors (Lipinski definition) is 2. The van der Waals surface area contributed by atoms with Crippen LogP contribution >= 0.6 is 11.6 Å². The van der Waals surface area contributed by atoms with E-state index in [-0.39, 0.29) is 5.69 Å². The Labute approximate surface area is 185 Å². The number of imidazole rings is 1. The average molecular weight is 454 g/mol. The van der Waals surface area contributed by atoms with Crippen LogP contribution in [0.1, 0.15) is 5.56 Å². The molecule has 160 valence electrons. The maximum Gasteiger partial charge on any atom is 0.416 e. The zero-order valence-corrected chi connectivity index (χ0v) is 17.4. The lowest BCUT2D eigenvalue weighted by molar-refractivity contribution is -0.137. The third-order valence-corrected chi connectivity index (χ3v) is 5.74. The molecule has 0 aliphatic rings. The van der Waals surface area contributed by atoms with E-state index in [9.17, 15) is 18.0 Å². The standard InChI is InChI=1S/C24H15ClF3N3O/c1-30-21-13-29-20-10-7-15(14-5-8-17(25)9-6-14)11-19(20)22(21)31(23(30)32)18-4-2-3-16(12-18)24(26,27)28/h2-13H,1H3. The van der Waals surface area contributed by atoms with Gasteiger partial charge in [0, 0.05) is 17.5 Å². The van der Waals surface area contributed by atoms with Crippen LogP contribution < -0.4 is 5.69 Å². The Bertz CT molecular complexity index is 1550. The summed E-state index contributed by atoms with van der Waals surface area (Å²) in [6, 6.07) is 17.7. The molecule has 2 heterocycles. The fourth-order valence-electron chi connectivity index (χ4n) is 3.88. The molecular formula is C24H15ClF3N3O. The Morgan fingerprint density at radius 3 is 2.38 bits per heavy atom. The van der Waals surface area contributed by atoms with Crippen LogP contribution in [0.25, 0.3) is 38.8 Å². The van der Waals surface area contributed by atoms with E-state index < -0.39 is 17.4 Å². The number of pyridine rings is 1. The molecule has 3 aromatic carbocycles. The van der Waals surface area contributed by atoms with Crippen molar-refractivity contribution < 1.29 is 13.2 Å². The summed E-state index contributed by atoms with van der Waals surface area (Å²) in [5.41, 5.74) is 2.30. The Hall–Kier alpha value is -3.58. The maximum absolute atomic E-state index is 13.3. The molecule has 0 saturated carbocycles. The minimum Gasteiger partial charge on any atom is -0.293 e. The third kappa shape index (κ3) is 3.26. The quantitative estimate of drug-likeness (QED) is 0.318. The minimum atomic E-state index is -4.52. The predicted molar refractivity (Wildman–Crippen MR) is 119 cm³/mol. The number of nitrogens with zero attached hydrogens (tertiary/aromatic N) is 3. The van der Waals surface area contributed by atoms with Gasteiger partial charge in [-0.2, -0.15) is 13.2 Å². The van der Waals surface area contributed by atoms with E-state index in [4.69, 9.17) is 11.6 Å². The van der Waals surface area contributed by atoms with Gasteiger partial charge in [-0.05, 0) is 53.6 Å². The van der Waals surface area contributed by atoms with E-state index in [1.807, 2.05) is 30.3 Å². The van der Waals surface area contributed by atoms with Crippen LogP contribution in [0.3, 0.4) is 0 Å². The molecule has 0 N–H and O–H groups in total. The monoisotopic (exact) mass is 453 g/mol. The highest BCUT2D eigenvalue weighted by molar-refractivity contribution is 6.30. The van der Waals surface area contributed by atoms with Gasteiger partial charge in [-0.15, -0.1) is 0 Å². The van der Waals surface area contributed by atoms with Gasteiger partial charge < -0.3 is 0 Å². The molecule has 0 saturated heterocycles. The molecule has 2 aromatic heterocycles. The van der Waals surface area contributed by atoms with Crippen molar-refractivity contribution in [2.45, 2.75) is 6.18 Å². The van der Waals surface area contributed by atoms with Crippen LogP contribution in [-0.2, 0) is 13.2 Å². The average Bonchev–Trinajstić information content (AvgIpc) is 3.04. The summed E-state index contributed by atoms with van der Waals surface area (Å²) in [6.45, 7) is 0. The zero-order chi connectivity index (χ0) is 22.6. The predicted octanol–water partition coefficient (Wildman–Crippen LogP) is 6.22. The Morgan fingerprint density at radius 1 is 0.938 bits per heavy atom. The van der Waals surface area contributed by atoms with Crippen LogP contribution in [-0.4, -0.2) is 14.1 Å². The molecule has 0 atom stereocenters. The molecule has 0 radical (unpaired) electrons. The summed E-state index contributed by atoms with van der Waals surface area (Å²) in [5.74, 6) is 0. The first kappa shape index (κ1) is 20.3. The van der Waals surface area contributed by atoms with Gasteiger partial charge in [0.15, 0.2) is 0 Å². The van der Waals surface area contributed by atoms with Crippen LogP contribution in [0.15, 0.2) is 77.7 Å². The van der Waals surface area contributed by atoms with Crippen molar-refractivity contribution in [2.75, 3.05) is 0 Å². The Balaban J connectivity index is 1.84. The highest BCUT2D eigenvalue weighted by Crippen LogP contribution is 2.33. The molecule has 0 amide bonds. The van der Waals surface area contributed by atoms with Gasteiger partial charge in [-0.25, -0.2) is 4.79 Å². The van der Waals surface area contributed by atoms with Crippen molar-refractivity contribution in [3.05, 3.63) is 94.0 Å². The first-order valence-electron chi connectivity index (χ1n) is 9.68. The maximum atomic E-state index is 13.3. The number of alkyl halides is 3. The van der Waals surface area contributed by atoms with Crippen molar-refractivity contribution in [1.29, 1.82) is 0 Å². The first-order valence-corrected chi connectivity index (χ1v) is 10.1. The summed E-state index contributed by atoms with van der Waals surface area (Å²) in [7, 11) is 1.57. The highest BCUT2D eigenvalue weighted by Gasteiger charge is 2.31. The van der Waals surface area contributed by atoms with Gasteiger partial charge in [0.05, 0.1) is 34.0 Å². The number of fused-ring (bicyclic) bond motifs is 3. The SMILES string of the molecule is Cn1c(=O)n(-c2cccc(C(F)(F)F)c2)c2c3cc(-c4ccc(Cl)cc4)ccc3ncc21. The van der Waals surface area contributed by atoms with Crippen LogP contribution in [0, 0.1) is 0 Å². The van der Waals surface area contributed by atoms with E-state index in [2.05, 4.69) is 4.98 Å². The molecule has 0 spiro atoms. The molecule has 0 aliphatic carbocycles. The fraction of sp³-hybridized carbons (Fsp3) is 0.0833. The number of benzene rings is 3. The lowest BCUT2D eigenvalue weighted by Crippen LogP contribution is -2.21. The summed E-state index contributed by atoms with van der Waals surface area (Å²) in [4.78, 5) is 17.5. The van der Waals surface area contributed by atoms with Gasteiger partial charge in [-0.3, -0.25) is 14.1 Å². The lowest BCUT2D eigenvalue weighted by Gasteiger charge is -2.11. The number of halogens is 4. The molecule has 5 rings (SSSR count). The summed E-state index contributed by atoms with van der Waals surface area (Å²) in [6.07, 6.45) is -2.96. The number of rotatable bonds is 2. The van der Waals surface area contributed by atoms with Gasteiger partial charge in [0.1, 0.15) is 0 Å². The largest absolute Gasteiger partial charge is 0.416 e. The molecule has 8 heteroatoms. The number of aromatic nitrogens is 3. The Morgan fingerprint density at radius 2 is 1.66 bits per heavy atom. The van der Waals surface area contributed by atoms with Gasteiger partial charge in [0.25, 0.3) is 0 Å². The van der Waals surface area contributed by atoms with Crippen molar-refractivity contribution in [3.63, 3.8) is 0 Å². The lowest BCUT2D eigenvalue weighted by atomic mass is 10.0. The van der Waals surface area contributed by atoms with E-state index in [1.165, 1.54) is 21.3 Å². The number of hydrogen-bond donors (Lipinski definition) is 0. The van der Waals surface area contributed by atoms with Crippen molar-refractivity contribution in [2.24, 2.45) is 7.05 Å². The van der Waals surface area contributed by atoms with Gasteiger partial charge >= 0.3 is 11.9 Å². The molecule has 0 unspecified atom stereocenters. The van der Waals surface area contributed by atoms with E-state index >= 15 is 0 Å². The topological polar surface area (TPSA) is 39.8 Å². The van der Waals surface area contributed by atoms with Crippen LogP contribution in [0.4, 0.5) is 13.2 Å². The van der Waals surface area contributed by atoms with Gasteiger partial charge in [-0.1, -0.05) is 35.9 Å². The van der Waals surface area contributed by atoms with E-state index in [1.54, 1.807) is 25.4 Å². The zero-order valence-electron chi connectivity index (χ0n) is 16.7. The summed E-state index contributed by atoms with van der Waals surface area (Å²) >= 11 is 5.99. The molecular weight excluding hydrogens is 439 g/mol. The second kappa shape index (κ2) is 7.24. The molecule has 5 aromatic rings. The second-order valence-electron chi connectivity index (χ2n) is 7.46. The Kier molecular flexibility index (Phi) is 4.60. The van der Waals surface area contributed by atoms with Crippen molar-refractivity contribution >= 4 is 33.5 Å². The van der Waals surface area contributed by atoms with Crippen LogP contribution in [0.5, 0.6) is 0 Å². The molecule has 32 heavy (non-hydrogen) atoms. The van der Waals surface area contributed by atoms with Crippen LogP contribution in [0.2, 0.25) is 5.02 Å². The summed E-state index contributed by atoms with van der Waals surface area (Å²) in [5, 5.41) is 1.27. The molecule has 0 aliphatic heterocycles. The fourth-order valence-corrected chi connectivity index (χ4v) is 4.01. The smallest absolute Gasteiger partial charge is 0.293 e. The van der Waals surface area contributed by atoms with Gasteiger partial charge in [0.2, 0.25) is 0 Å². The van der Waals surface area contributed by atoms with Crippen molar-refractivity contribution in [1.82, 2.24) is 14.1 Å². The molecule has 4 nitrogen and oxygen atoms in total. The van der Waals surface area contributed by atoms with E-state index in [0.717, 1.165) is 23.3 Å². The third-order valence-electron chi connectivity index (χ3n) is 5.49. The molecule has 0 bridgehead atoms.